The van der Waals surface area contributed by atoms with Gasteiger partial charge in [0.15, 0.2) is 0 Å². The van der Waals surface area contributed by atoms with Crippen molar-refractivity contribution in [3.63, 3.8) is 0 Å². The topological polar surface area (TPSA) is 53.6 Å². The maximum absolute atomic E-state index is 4.26. The van der Waals surface area contributed by atoms with Crippen LogP contribution in [0.2, 0.25) is 0 Å². The molecule has 2 N–H and O–H groups in total. The second-order valence-electron chi connectivity index (χ2n) is 3.15. The van der Waals surface area contributed by atoms with E-state index in [1.165, 1.54) is 0 Å². The second-order valence-corrected chi connectivity index (χ2v) is 4.07. The van der Waals surface area contributed by atoms with Crippen molar-refractivity contribution >= 4 is 15.9 Å². The van der Waals surface area contributed by atoms with Gasteiger partial charge in [-0.2, -0.15) is 5.10 Å². The maximum Gasteiger partial charge on any atom is 0.0542 e. The zero-order chi connectivity index (χ0) is 10.5. The van der Waals surface area contributed by atoms with Gasteiger partial charge in [0, 0.05) is 35.6 Å². The number of aromatic nitrogens is 3. The molecule has 0 saturated heterocycles. The standard InChI is InChI=1S/C10H11BrN4/c11-8-1-2-9(13-5-8)6-12-7-10-3-4-14-15-10/h1-5,12H,6-7H2,(H,14,15). The predicted octanol–water partition coefficient (Wildman–Crippen LogP) is 1.86. The van der Waals surface area contributed by atoms with Gasteiger partial charge in [-0.25, -0.2) is 0 Å². The van der Waals surface area contributed by atoms with Gasteiger partial charge in [0.1, 0.15) is 0 Å². The number of hydrogen-bond acceptors (Lipinski definition) is 3. The lowest BCUT2D eigenvalue weighted by Gasteiger charge is -2.02. The van der Waals surface area contributed by atoms with Gasteiger partial charge in [-0.05, 0) is 34.1 Å². The van der Waals surface area contributed by atoms with Crippen molar-refractivity contribution in [1.82, 2.24) is 20.5 Å². The van der Waals surface area contributed by atoms with Crippen molar-refractivity contribution in [3.05, 3.63) is 46.5 Å². The van der Waals surface area contributed by atoms with Crippen LogP contribution in [0.15, 0.2) is 35.1 Å². The largest absolute Gasteiger partial charge is 0.306 e. The molecule has 0 unspecified atom stereocenters. The summed E-state index contributed by atoms with van der Waals surface area (Å²) in [5, 5.41) is 10.0. The monoisotopic (exact) mass is 266 g/mol. The van der Waals surface area contributed by atoms with E-state index in [1.54, 1.807) is 12.4 Å². The van der Waals surface area contributed by atoms with Gasteiger partial charge in [0.05, 0.1) is 5.69 Å². The molecule has 2 aromatic rings. The third-order valence-electron chi connectivity index (χ3n) is 1.97. The van der Waals surface area contributed by atoms with E-state index >= 15 is 0 Å². The molecule has 15 heavy (non-hydrogen) atoms. The van der Waals surface area contributed by atoms with Crippen LogP contribution in [-0.2, 0) is 13.1 Å². The van der Waals surface area contributed by atoms with Crippen LogP contribution in [0.4, 0.5) is 0 Å². The van der Waals surface area contributed by atoms with E-state index in [0.29, 0.717) is 0 Å². The highest BCUT2D eigenvalue weighted by Gasteiger charge is 1.95. The molecule has 0 aliphatic carbocycles. The average molecular weight is 267 g/mol. The Morgan fingerprint density at radius 2 is 2.20 bits per heavy atom. The molecule has 0 fully saturated rings. The van der Waals surface area contributed by atoms with E-state index in [1.807, 2.05) is 18.2 Å². The van der Waals surface area contributed by atoms with Crippen molar-refractivity contribution in [2.45, 2.75) is 13.1 Å². The first kappa shape index (κ1) is 10.3. The van der Waals surface area contributed by atoms with E-state index in [4.69, 9.17) is 0 Å². The molecule has 0 amide bonds. The molecule has 5 heteroatoms. The van der Waals surface area contributed by atoms with Crippen LogP contribution in [0.3, 0.4) is 0 Å². The number of aromatic amines is 1. The van der Waals surface area contributed by atoms with Crippen LogP contribution < -0.4 is 5.32 Å². The van der Waals surface area contributed by atoms with E-state index in [0.717, 1.165) is 29.0 Å². The highest BCUT2D eigenvalue weighted by Crippen LogP contribution is 2.07. The first-order chi connectivity index (χ1) is 7.34. The summed E-state index contributed by atoms with van der Waals surface area (Å²) in [6.07, 6.45) is 3.54. The Kier molecular flexibility index (Phi) is 3.47. The second kappa shape index (κ2) is 5.04. The molecule has 0 spiro atoms. The fourth-order valence-corrected chi connectivity index (χ4v) is 1.45. The third kappa shape index (κ3) is 3.14. The molecule has 2 heterocycles. The first-order valence-electron chi connectivity index (χ1n) is 4.64. The summed E-state index contributed by atoms with van der Waals surface area (Å²) in [5.41, 5.74) is 2.10. The summed E-state index contributed by atoms with van der Waals surface area (Å²) in [4.78, 5) is 4.26. The van der Waals surface area contributed by atoms with Gasteiger partial charge in [0.2, 0.25) is 0 Å². The number of halogens is 1. The molecule has 0 aromatic carbocycles. The molecule has 4 nitrogen and oxygen atoms in total. The Balaban J connectivity index is 1.81. The summed E-state index contributed by atoms with van der Waals surface area (Å²) in [6.45, 7) is 1.53. The summed E-state index contributed by atoms with van der Waals surface area (Å²) < 4.78 is 1.000. The van der Waals surface area contributed by atoms with E-state index in [-0.39, 0.29) is 0 Å². The summed E-state index contributed by atoms with van der Waals surface area (Å²) in [7, 11) is 0. The lowest BCUT2D eigenvalue weighted by Crippen LogP contribution is -2.13. The smallest absolute Gasteiger partial charge is 0.0542 e. The molecule has 0 aliphatic heterocycles. The Morgan fingerprint density at radius 1 is 1.27 bits per heavy atom. The van der Waals surface area contributed by atoms with Gasteiger partial charge < -0.3 is 5.32 Å². The number of rotatable bonds is 4. The Hall–Kier alpha value is -1.20. The van der Waals surface area contributed by atoms with Crippen LogP contribution >= 0.6 is 15.9 Å². The number of nitrogens with zero attached hydrogens (tertiary/aromatic N) is 2. The summed E-state index contributed by atoms with van der Waals surface area (Å²) in [5.74, 6) is 0. The maximum atomic E-state index is 4.26. The normalized spacial score (nSPS) is 10.5. The number of hydrogen-bond donors (Lipinski definition) is 2. The fourth-order valence-electron chi connectivity index (χ4n) is 1.22. The van der Waals surface area contributed by atoms with Crippen LogP contribution in [0.5, 0.6) is 0 Å². The van der Waals surface area contributed by atoms with Gasteiger partial charge in [-0.1, -0.05) is 0 Å². The van der Waals surface area contributed by atoms with Gasteiger partial charge >= 0.3 is 0 Å². The SMILES string of the molecule is Brc1ccc(CNCc2ccn[nH]2)nc1. The highest BCUT2D eigenvalue weighted by atomic mass is 79.9. The minimum absolute atomic E-state index is 0.756. The van der Waals surface area contributed by atoms with E-state index in [9.17, 15) is 0 Å². The highest BCUT2D eigenvalue weighted by molar-refractivity contribution is 9.10. The van der Waals surface area contributed by atoms with Gasteiger partial charge in [-0.3, -0.25) is 10.1 Å². The van der Waals surface area contributed by atoms with E-state index in [2.05, 4.69) is 36.4 Å². The van der Waals surface area contributed by atoms with Crippen LogP contribution in [0, 0.1) is 0 Å². The molecule has 78 valence electrons. The minimum Gasteiger partial charge on any atom is -0.306 e. The van der Waals surface area contributed by atoms with Crippen LogP contribution in [0.1, 0.15) is 11.4 Å². The average Bonchev–Trinajstić information content (AvgIpc) is 2.74. The van der Waals surface area contributed by atoms with E-state index < -0.39 is 0 Å². The van der Waals surface area contributed by atoms with Crippen LogP contribution in [0.25, 0.3) is 0 Å². The summed E-state index contributed by atoms with van der Waals surface area (Å²) >= 11 is 3.35. The lowest BCUT2D eigenvalue weighted by molar-refractivity contribution is 0.665. The molecular formula is C10H11BrN4. The first-order valence-corrected chi connectivity index (χ1v) is 5.43. The predicted molar refractivity (Wildman–Crippen MR) is 61.1 cm³/mol. The summed E-state index contributed by atoms with van der Waals surface area (Å²) in [6, 6.07) is 5.92. The minimum atomic E-state index is 0.756. The quantitative estimate of drug-likeness (QED) is 0.889. The third-order valence-corrected chi connectivity index (χ3v) is 2.44. The Morgan fingerprint density at radius 3 is 2.87 bits per heavy atom. The fraction of sp³-hybridized carbons (Fsp3) is 0.200. The lowest BCUT2D eigenvalue weighted by atomic mass is 10.3. The van der Waals surface area contributed by atoms with Crippen molar-refractivity contribution < 1.29 is 0 Å². The van der Waals surface area contributed by atoms with Gasteiger partial charge in [-0.15, -0.1) is 0 Å². The van der Waals surface area contributed by atoms with Gasteiger partial charge in [0.25, 0.3) is 0 Å². The molecule has 0 atom stereocenters. The van der Waals surface area contributed by atoms with Crippen LogP contribution in [-0.4, -0.2) is 15.2 Å². The zero-order valence-electron chi connectivity index (χ0n) is 8.07. The van der Waals surface area contributed by atoms with Crippen molar-refractivity contribution in [2.75, 3.05) is 0 Å². The zero-order valence-corrected chi connectivity index (χ0v) is 9.66. The molecule has 0 aliphatic rings. The van der Waals surface area contributed by atoms with Crippen molar-refractivity contribution in [2.24, 2.45) is 0 Å². The number of pyridine rings is 1. The number of nitrogens with one attached hydrogen (secondary N) is 2. The molecule has 2 rings (SSSR count). The number of H-pyrrole nitrogens is 1. The molecule has 0 radical (unpaired) electrons. The Labute approximate surface area is 96.3 Å². The van der Waals surface area contributed by atoms with Crippen molar-refractivity contribution in [1.29, 1.82) is 0 Å². The molecule has 0 saturated carbocycles. The molecule has 0 bridgehead atoms. The van der Waals surface area contributed by atoms with Crippen molar-refractivity contribution in [3.8, 4) is 0 Å². The molecular weight excluding hydrogens is 256 g/mol. The Bertz CT molecular complexity index is 396. The molecule has 2 aromatic heterocycles.